The monoisotopic (exact) mass is 196 g/mol. The maximum absolute atomic E-state index is 12.3. The standard InChI is InChI=1S/C9H9F.2C2H6/c1-2-3-8-4-6-9(10)7-5-8;2*1-2/h2-7H,1H3;2*1-2H3/b3-2+;;. The summed E-state index contributed by atoms with van der Waals surface area (Å²) in [4.78, 5) is 0. The Morgan fingerprint density at radius 2 is 1.36 bits per heavy atom. The summed E-state index contributed by atoms with van der Waals surface area (Å²) in [7, 11) is 0. The van der Waals surface area contributed by atoms with Gasteiger partial charge in [-0.1, -0.05) is 52.0 Å². The zero-order valence-electron chi connectivity index (χ0n) is 9.84. The normalized spacial score (nSPS) is 8.43. The smallest absolute Gasteiger partial charge is 0.123 e. The summed E-state index contributed by atoms with van der Waals surface area (Å²) in [5.41, 5.74) is 1.03. The summed E-state index contributed by atoms with van der Waals surface area (Å²) < 4.78 is 12.3. The van der Waals surface area contributed by atoms with Crippen LogP contribution in [-0.2, 0) is 0 Å². The molecule has 0 atom stereocenters. The fraction of sp³-hybridized carbons (Fsp3) is 0.385. The van der Waals surface area contributed by atoms with E-state index in [0.717, 1.165) is 5.56 Å². The molecule has 0 nitrogen and oxygen atoms in total. The van der Waals surface area contributed by atoms with E-state index >= 15 is 0 Å². The third-order valence-electron chi connectivity index (χ3n) is 1.23. The van der Waals surface area contributed by atoms with Crippen molar-refractivity contribution in [2.45, 2.75) is 34.6 Å². The van der Waals surface area contributed by atoms with Crippen LogP contribution in [0.3, 0.4) is 0 Å². The average Bonchev–Trinajstić information content (AvgIpc) is 2.28. The highest BCUT2D eigenvalue weighted by atomic mass is 19.1. The molecule has 0 spiro atoms. The molecule has 1 rings (SSSR count). The molecule has 0 aliphatic heterocycles. The van der Waals surface area contributed by atoms with Gasteiger partial charge in [0.15, 0.2) is 0 Å². The molecule has 1 heteroatoms. The molecular weight excluding hydrogens is 175 g/mol. The van der Waals surface area contributed by atoms with Crippen molar-refractivity contribution in [1.29, 1.82) is 0 Å². The van der Waals surface area contributed by atoms with Crippen molar-refractivity contribution in [3.63, 3.8) is 0 Å². The molecule has 0 fully saturated rings. The fourth-order valence-corrected chi connectivity index (χ4v) is 0.766. The van der Waals surface area contributed by atoms with Gasteiger partial charge in [-0.05, 0) is 24.6 Å². The maximum atomic E-state index is 12.3. The maximum Gasteiger partial charge on any atom is 0.123 e. The average molecular weight is 196 g/mol. The van der Waals surface area contributed by atoms with E-state index in [1.807, 2.05) is 46.8 Å². The van der Waals surface area contributed by atoms with Gasteiger partial charge >= 0.3 is 0 Å². The zero-order chi connectivity index (χ0) is 11.4. The van der Waals surface area contributed by atoms with Crippen LogP contribution in [0.5, 0.6) is 0 Å². The van der Waals surface area contributed by atoms with Gasteiger partial charge < -0.3 is 0 Å². The summed E-state index contributed by atoms with van der Waals surface area (Å²) in [6.07, 6.45) is 3.85. The second-order valence-corrected chi connectivity index (χ2v) is 2.05. The molecule has 0 aliphatic rings. The van der Waals surface area contributed by atoms with Crippen molar-refractivity contribution in [3.8, 4) is 0 Å². The molecular formula is C13H21F. The van der Waals surface area contributed by atoms with Crippen molar-refractivity contribution in [3.05, 3.63) is 41.7 Å². The molecule has 0 aromatic heterocycles. The molecule has 0 aliphatic carbocycles. The Morgan fingerprint density at radius 3 is 1.71 bits per heavy atom. The Balaban J connectivity index is 0. The van der Waals surface area contributed by atoms with Crippen LogP contribution in [0.25, 0.3) is 6.08 Å². The van der Waals surface area contributed by atoms with E-state index in [-0.39, 0.29) is 5.82 Å². The topological polar surface area (TPSA) is 0 Å². The fourth-order valence-electron chi connectivity index (χ4n) is 0.766. The van der Waals surface area contributed by atoms with E-state index in [1.54, 1.807) is 12.1 Å². The SMILES string of the molecule is C/C=C/c1ccc(F)cc1.CC.CC. The first kappa shape index (κ1) is 15.4. The number of rotatable bonds is 1. The van der Waals surface area contributed by atoms with Crippen LogP contribution in [0.4, 0.5) is 4.39 Å². The highest BCUT2D eigenvalue weighted by molar-refractivity contribution is 5.48. The molecule has 14 heavy (non-hydrogen) atoms. The van der Waals surface area contributed by atoms with Gasteiger partial charge in [0.25, 0.3) is 0 Å². The first-order valence-corrected chi connectivity index (χ1v) is 5.21. The summed E-state index contributed by atoms with van der Waals surface area (Å²) in [6, 6.07) is 6.40. The highest BCUT2D eigenvalue weighted by Gasteiger charge is 1.86. The van der Waals surface area contributed by atoms with Crippen molar-refractivity contribution in [2.24, 2.45) is 0 Å². The van der Waals surface area contributed by atoms with E-state index in [2.05, 4.69) is 0 Å². The van der Waals surface area contributed by atoms with E-state index in [0.29, 0.717) is 0 Å². The molecule has 0 N–H and O–H groups in total. The molecule has 0 heterocycles. The third kappa shape index (κ3) is 7.53. The lowest BCUT2D eigenvalue weighted by Gasteiger charge is -1.90. The Morgan fingerprint density at radius 1 is 0.929 bits per heavy atom. The Kier molecular flexibility index (Phi) is 13.1. The van der Waals surface area contributed by atoms with Crippen LogP contribution in [-0.4, -0.2) is 0 Å². The van der Waals surface area contributed by atoms with Crippen molar-refractivity contribution < 1.29 is 4.39 Å². The summed E-state index contributed by atoms with van der Waals surface area (Å²) in [5, 5.41) is 0. The Bertz CT molecular complexity index is 221. The summed E-state index contributed by atoms with van der Waals surface area (Å²) >= 11 is 0. The van der Waals surface area contributed by atoms with Gasteiger partial charge in [-0.2, -0.15) is 0 Å². The van der Waals surface area contributed by atoms with Gasteiger partial charge in [0.1, 0.15) is 5.82 Å². The van der Waals surface area contributed by atoms with Gasteiger partial charge in [-0.25, -0.2) is 4.39 Å². The van der Waals surface area contributed by atoms with E-state index in [1.165, 1.54) is 12.1 Å². The summed E-state index contributed by atoms with van der Waals surface area (Å²) in [6.45, 7) is 9.93. The summed E-state index contributed by atoms with van der Waals surface area (Å²) in [5.74, 6) is -0.187. The van der Waals surface area contributed by atoms with Crippen LogP contribution >= 0.6 is 0 Å². The number of hydrogen-bond donors (Lipinski definition) is 0. The van der Waals surface area contributed by atoms with E-state index in [4.69, 9.17) is 0 Å². The largest absolute Gasteiger partial charge is 0.207 e. The molecule has 0 saturated heterocycles. The molecule has 1 aromatic carbocycles. The lowest BCUT2D eigenvalue weighted by atomic mass is 10.2. The molecule has 0 saturated carbocycles. The minimum absolute atomic E-state index is 0.187. The van der Waals surface area contributed by atoms with Gasteiger partial charge in [-0.15, -0.1) is 0 Å². The first-order valence-electron chi connectivity index (χ1n) is 5.21. The van der Waals surface area contributed by atoms with Gasteiger partial charge in [0, 0.05) is 0 Å². The molecule has 0 radical (unpaired) electrons. The Labute approximate surface area is 87.5 Å². The number of benzene rings is 1. The molecule has 1 aromatic rings. The van der Waals surface area contributed by atoms with Crippen molar-refractivity contribution in [2.75, 3.05) is 0 Å². The lowest BCUT2D eigenvalue weighted by molar-refractivity contribution is 0.628. The number of allylic oxidation sites excluding steroid dienone is 1. The molecule has 80 valence electrons. The van der Waals surface area contributed by atoms with Gasteiger partial charge in [0.2, 0.25) is 0 Å². The van der Waals surface area contributed by atoms with Gasteiger partial charge in [0.05, 0.1) is 0 Å². The highest BCUT2D eigenvalue weighted by Crippen LogP contribution is 2.03. The quantitative estimate of drug-likeness (QED) is 0.598. The van der Waals surface area contributed by atoms with E-state index < -0.39 is 0 Å². The predicted octanol–water partition coefficient (Wildman–Crippen LogP) is 4.91. The van der Waals surface area contributed by atoms with Crippen molar-refractivity contribution >= 4 is 6.08 Å². The van der Waals surface area contributed by atoms with Crippen LogP contribution in [0.2, 0.25) is 0 Å². The van der Waals surface area contributed by atoms with Crippen LogP contribution in [0.1, 0.15) is 40.2 Å². The third-order valence-corrected chi connectivity index (χ3v) is 1.23. The van der Waals surface area contributed by atoms with Crippen molar-refractivity contribution in [1.82, 2.24) is 0 Å². The lowest BCUT2D eigenvalue weighted by Crippen LogP contribution is -1.72. The van der Waals surface area contributed by atoms with Crippen LogP contribution in [0, 0.1) is 5.82 Å². The minimum atomic E-state index is -0.187. The molecule has 0 unspecified atom stereocenters. The zero-order valence-corrected chi connectivity index (χ0v) is 9.84. The van der Waals surface area contributed by atoms with Crippen LogP contribution in [0.15, 0.2) is 30.3 Å². The second kappa shape index (κ2) is 11.9. The molecule has 0 amide bonds. The number of halogens is 1. The van der Waals surface area contributed by atoms with E-state index in [9.17, 15) is 4.39 Å². The second-order valence-electron chi connectivity index (χ2n) is 2.05. The molecule has 0 bridgehead atoms. The van der Waals surface area contributed by atoms with Gasteiger partial charge in [-0.3, -0.25) is 0 Å². The minimum Gasteiger partial charge on any atom is -0.207 e. The number of hydrogen-bond acceptors (Lipinski definition) is 0. The predicted molar refractivity (Wildman–Crippen MR) is 63.8 cm³/mol. The Hall–Kier alpha value is -1.11. The van der Waals surface area contributed by atoms with Crippen LogP contribution < -0.4 is 0 Å². The first-order chi connectivity index (χ1) is 6.83.